The van der Waals surface area contributed by atoms with E-state index in [0.29, 0.717) is 34.7 Å². The third-order valence-electron chi connectivity index (χ3n) is 6.02. The van der Waals surface area contributed by atoms with Crippen molar-refractivity contribution >= 4 is 17.9 Å². The van der Waals surface area contributed by atoms with Gasteiger partial charge in [-0.25, -0.2) is 0 Å². The molecule has 2 aromatic rings. The first-order valence-electron chi connectivity index (χ1n) is 10.2. The molecule has 0 saturated heterocycles. The second kappa shape index (κ2) is 8.65. The molecule has 7 nitrogen and oxygen atoms in total. The maximum absolute atomic E-state index is 13.0. The summed E-state index contributed by atoms with van der Waals surface area (Å²) in [6, 6.07) is 8.47. The standard InChI is InChI=1S/C23H26N2O5/c1-28-20-8-7-16(12-21(20)29-2)22(26)25-19(13-17-4-3-9-30-17)23(27)24-18-11-14-5-6-15(18)10-14/h3-4,7-9,12-15,18H,5-6,10-11H2,1-2H3,(H,24,27)(H,25,26)/b19-13-/t14-,15-,18-/m1/s1. The summed E-state index contributed by atoms with van der Waals surface area (Å²) >= 11 is 0. The van der Waals surface area contributed by atoms with Gasteiger partial charge in [-0.1, -0.05) is 6.42 Å². The number of ether oxygens (including phenoxy) is 2. The molecule has 2 amide bonds. The van der Waals surface area contributed by atoms with Crippen LogP contribution < -0.4 is 20.1 Å². The first-order chi connectivity index (χ1) is 14.6. The second-order valence-corrected chi connectivity index (χ2v) is 7.85. The van der Waals surface area contributed by atoms with Crippen LogP contribution in [0.2, 0.25) is 0 Å². The van der Waals surface area contributed by atoms with Crippen LogP contribution in [-0.2, 0) is 4.79 Å². The van der Waals surface area contributed by atoms with Crippen molar-refractivity contribution in [3.63, 3.8) is 0 Å². The Balaban J connectivity index is 1.53. The minimum atomic E-state index is -0.420. The summed E-state index contributed by atoms with van der Waals surface area (Å²) in [5, 5.41) is 5.84. The van der Waals surface area contributed by atoms with Crippen LogP contribution in [0.4, 0.5) is 0 Å². The van der Waals surface area contributed by atoms with Gasteiger partial charge in [0.25, 0.3) is 11.8 Å². The normalized spacial score (nSPS) is 22.6. The molecule has 2 saturated carbocycles. The molecule has 2 aliphatic carbocycles. The summed E-state index contributed by atoms with van der Waals surface area (Å²) in [4.78, 5) is 25.9. The van der Waals surface area contributed by atoms with E-state index >= 15 is 0 Å². The van der Waals surface area contributed by atoms with Crippen LogP contribution in [-0.4, -0.2) is 32.1 Å². The highest BCUT2D eigenvalue weighted by molar-refractivity contribution is 6.05. The average molecular weight is 410 g/mol. The number of carbonyl (C=O) groups excluding carboxylic acids is 2. The molecular formula is C23H26N2O5. The Kier molecular flexibility index (Phi) is 5.79. The van der Waals surface area contributed by atoms with Crippen molar-refractivity contribution in [2.75, 3.05) is 14.2 Å². The SMILES string of the molecule is COc1ccc(C(=O)N/C(=C\c2ccco2)C(=O)N[C@@H]2C[C@@H]3CC[C@@H]2C3)cc1OC. The third-order valence-corrected chi connectivity index (χ3v) is 6.02. The van der Waals surface area contributed by atoms with Gasteiger partial charge in [-0.3, -0.25) is 9.59 Å². The van der Waals surface area contributed by atoms with Crippen LogP contribution in [0, 0.1) is 11.8 Å². The maximum atomic E-state index is 13.0. The summed E-state index contributed by atoms with van der Waals surface area (Å²) < 4.78 is 15.8. The number of amides is 2. The molecule has 0 spiro atoms. The van der Waals surface area contributed by atoms with Gasteiger partial charge in [-0.15, -0.1) is 0 Å². The molecule has 3 atom stereocenters. The van der Waals surface area contributed by atoms with Gasteiger partial charge in [0.05, 0.1) is 20.5 Å². The van der Waals surface area contributed by atoms with E-state index in [-0.39, 0.29) is 17.6 Å². The molecule has 0 unspecified atom stereocenters. The quantitative estimate of drug-likeness (QED) is 0.683. The molecule has 2 bridgehead atoms. The van der Waals surface area contributed by atoms with E-state index in [2.05, 4.69) is 10.6 Å². The summed E-state index contributed by atoms with van der Waals surface area (Å²) in [5.41, 5.74) is 0.498. The average Bonchev–Trinajstić information content (AvgIpc) is 3.51. The van der Waals surface area contributed by atoms with E-state index in [1.54, 1.807) is 36.4 Å². The summed E-state index contributed by atoms with van der Waals surface area (Å²) in [5.74, 6) is 1.96. The Bertz CT molecular complexity index is 951. The molecule has 1 aromatic carbocycles. The monoisotopic (exact) mass is 410 g/mol. The zero-order chi connectivity index (χ0) is 21.1. The molecule has 1 heterocycles. The molecular weight excluding hydrogens is 384 g/mol. The van der Waals surface area contributed by atoms with Crippen LogP contribution in [0.5, 0.6) is 11.5 Å². The van der Waals surface area contributed by atoms with Gasteiger partial charge in [0.15, 0.2) is 11.5 Å². The summed E-state index contributed by atoms with van der Waals surface area (Å²) in [6.45, 7) is 0. The first kappa shape index (κ1) is 20.1. The van der Waals surface area contributed by atoms with Crippen LogP contribution in [0.25, 0.3) is 6.08 Å². The van der Waals surface area contributed by atoms with Gasteiger partial charge in [-0.05, 0) is 61.4 Å². The van der Waals surface area contributed by atoms with Crippen molar-refractivity contribution in [3.05, 3.63) is 53.6 Å². The van der Waals surface area contributed by atoms with Crippen molar-refractivity contribution in [2.45, 2.75) is 31.7 Å². The Morgan fingerprint density at radius 3 is 2.57 bits per heavy atom. The lowest BCUT2D eigenvalue weighted by Gasteiger charge is -2.23. The van der Waals surface area contributed by atoms with Gasteiger partial charge in [-0.2, -0.15) is 0 Å². The van der Waals surface area contributed by atoms with Crippen LogP contribution in [0.3, 0.4) is 0 Å². The number of hydrogen-bond acceptors (Lipinski definition) is 5. The Labute approximate surface area is 175 Å². The Morgan fingerprint density at radius 1 is 1.10 bits per heavy atom. The molecule has 2 N–H and O–H groups in total. The third kappa shape index (κ3) is 4.20. The molecule has 0 aliphatic heterocycles. The lowest BCUT2D eigenvalue weighted by Crippen LogP contribution is -2.42. The fourth-order valence-corrected chi connectivity index (χ4v) is 4.51. The van der Waals surface area contributed by atoms with Crippen molar-refractivity contribution in [3.8, 4) is 11.5 Å². The molecule has 30 heavy (non-hydrogen) atoms. The number of carbonyl (C=O) groups is 2. The largest absolute Gasteiger partial charge is 0.493 e. The highest BCUT2D eigenvalue weighted by Gasteiger charge is 2.40. The zero-order valence-corrected chi connectivity index (χ0v) is 17.1. The first-order valence-corrected chi connectivity index (χ1v) is 10.2. The van der Waals surface area contributed by atoms with E-state index in [4.69, 9.17) is 13.9 Å². The van der Waals surface area contributed by atoms with Crippen molar-refractivity contribution in [2.24, 2.45) is 11.8 Å². The molecule has 158 valence electrons. The van der Waals surface area contributed by atoms with Gasteiger partial charge < -0.3 is 24.5 Å². The number of hydrogen-bond donors (Lipinski definition) is 2. The van der Waals surface area contributed by atoms with Gasteiger partial charge in [0.2, 0.25) is 0 Å². The summed E-state index contributed by atoms with van der Waals surface area (Å²) in [6.07, 6.45) is 7.66. The molecule has 2 fully saturated rings. The fraction of sp³-hybridized carbons (Fsp3) is 0.391. The smallest absolute Gasteiger partial charge is 0.268 e. The minimum absolute atomic E-state index is 0.146. The molecule has 7 heteroatoms. The fourth-order valence-electron chi connectivity index (χ4n) is 4.51. The predicted octanol–water partition coefficient (Wildman–Crippen LogP) is 3.37. The predicted molar refractivity (Wildman–Crippen MR) is 111 cm³/mol. The lowest BCUT2D eigenvalue weighted by atomic mass is 9.95. The second-order valence-electron chi connectivity index (χ2n) is 7.85. The highest BCUT2D eigenvalue weighted by atomic mass is 16.5. The molecule has 1 aromatic heterocycles. The number of fused-ring (bicyclic) bond motifs is 2. The topological polar surface area (TPSA) is 89.8 Å². The molecule has 4 rings (SSSR count). The van der Waals surface area contributed by atoms with Gasteiger partial charge >= 0.3 is 0 Å². The van der Waals surface area contributed by atoms with Crippen molar-refractivity contribution in [1.82, 2.24) is 10.6 Å². The van der Waals surface area contributed by atoms with E-state index in [1.165, 1.54) is 33.3 Å². The summed E-state index contributed by atoms with van der Waals surface area (Å²) in [7, 11) is 3.03. The van der Waals surface area contributed by atoms with Crippen molar-refractivity contribution in [1.29, 1.82) is 0 Å². The number of benzene rings is 1. The number of furan rings is 1. The van der Waals surface area contributed by atoms with Crippen LogP contribution in [0.15, 0.2) is 46.7 Å². The maximum Gasteiger partial charge on any atom is 0.268 e. The van der Waals surface area contributed by atoms with E-state index in [0.717, 1.165) is 12.8 Å². The number of nitrogens with one attached hydrogen (secondary N) is 2. The number of methoxy groups -OCH3 is 2. The van der Waals surface area contributed by atoms with E-state index in [1.807, 2.05) is 0 Å². The van der Waals surface area contributed by atoms with E-state index < -0.39 is 5.91 Å². The number of rotatable bonds is 7. The van der Waals surface area contributed by atoms with Crippen LogP contribution in [0.1, 0.15) is 41.8 Å². The minimum Gasteiger partial charge on any atom is -0.493 e. The molecule has 0 radical (unpaired) electrons. The Hall–Kier alpha value is -3.22. The van der Waals surface area contributed by atoms with Crippen LogP contribution >= 0.6 is 0 Å². The van der Waals surface area contributed by atoms with E-state index in [9.17, 15) is 9.59 Å². The lowest BCUT2D eigenvalue weighted by molar-refractivity contribution is -0.118. The Morgan fingerprint density at radius 2 is 1.93 bits per heavy atom. The van der Waals surface area contributed by atoms with Crippen molar-refractivity contribution < 1.29 is 23.5 Å². The molecule has 2 aliphatic rings. The zero-order valence-electron chi connectivity index (χ0n) is 17.1. The van der Waals surface area contributed by atoms with Gasteiger partial charge in [0, 0.05) is 17.7 Å². The highest BCUT2D eigenvalue weighted by Crippen LogP contribution is 2.44. The van der Waals surface area contributed by atoms with Gasteiger partial charge in [0.1, 0.15) is 11.5 Å².